The maximum absolute atomic E-state index is 5.28. The molecular formula is C6H7BrO. The highest BCUT2D eigenvalue weighted by Gasteiger charge is 2.43. The van der Waals surface area contributed by atoms with Gasteiger partial charge in [-0.1, -0.05) is 28.1 Å². The van der Waals surface area contributed by atoms with E-state index in [9.17, 15) is 0 Å². The van der Waals surface area contributed by atoms with Gasteiger partial charge in [0.05, 0.1) is 10.9 Å². The molecule has 0 aromatic heterocycles. The molecule has 44 valence electrons. The first-order valence-electron chi connectivity index (χ1n) is 2.84. The van der Waals surface area contributed by atoms with Gasteiger partial charge in [0.2, 0.25) is 0 Å². The van der Waals surface area contributed by atoms with Crippen molar-refractivity contribution in [2.45, 2.75) is 23.5 Å². The molecule has 0 spiro atoms. The minimum absolute atomic E-state index is 0.487. The second kappa shape index (κ2) is 1.58. The highest BCUT2D eigenvalue weighted by atomic mass is 79.9. The van der Waals surface area contributed by atoms with Crippen molar-refractivity contribution in [3.05, 3.63) is 12.2 Å². The lowest BCUT2D eigenvalue weighted by molar-refractivity contribution is 0.379. The summed E-state index contributed by atoms with van der Waals surface area (Å²) in [5.74, 6) is 0. The van der Waals surface area contributed by atoms with Crippen LogP contribution in [0.3, 0.4) is 0 Å². The summed E-state index contributed by atoms with van der Waals surface area (Å²) in [5, 5.41) is 0. The molecule has 1 saturated heterocycles. The Morgan fingerprint density at radius 1 is 1.62 bits per heavy atom. The van der Waals surface area contributed by atoms with E-state index in [1.165, 1.54) is 0 Å². The van der Waals surface area contributed by atoms with Gasteiger partial charge in [-0.25, -0.2) is 0 Å². The highest BCUT2D eigenvalue weighted by Crippen LogP contribution is 2.36. The van der Waals surface area contributed by atoms with Crippen molar-refractivity contribution in [2.24, 2.45) is 0 Å². The predicted molar refractivity (Wildman–Crippen MR) is 35.1 cm³/mol. The Hall–Kier alpha value is 0.180. The van der Waals surface area contributed by atoms with Crippen LogP contribution < -0.4 is 0 Å². The molecular weight excluding hydrogens is 168 g/mol. The Labute approximate surface area is 56.8 Å². The fourth-order valence-electron chi connectivity index (χ4n) is 1.08. The average Bonchev–Trinajstić information content (AvgIpc) is 2.45. The van der Waals surface area contributed by atoms with Crippen LogP contribution in [0.5, 0.6) is 0 Å². The molecule has 0 N–H and O–H groups in total. The zero-order chi connectivity index (χ0) is 5.56. The van der Waals surface area contributed by atoms with Crippen LogP contribution in [0.1, 0.15) is 6.42 Å². The van der Waals surface area contributed by atoms with Gasteiger partial charge in [-0.2, -0.15) is 0 Å². The van der Waals surface area contributed by atoms with Gasteiger partial charge in [0.1, 0.15) is 6.10 Å². The number of epoxide rings is 1. The van der Waals surface area contributed by atoms with Crippen LogP contribution in [0.4, 0.5) is 0 Å². The molecule has 1 heterocycles. The minimum Gasteiger partial charge on any atom is -0.368 e. The fraction of sp³-hybridized carbons (Fsp3) is 0.667. The number of fused-ring (bicyclic) bond motifs is 1. The smallest absolute Gasteiger partial charge is 0.100 e. The lowest BCUT2D eigenvalue weighted by Gasteiger charge is -2.01. The third-order valence-electron chi connectivity index (χ3n) is 1.62. The fourth-order valence-corrected chi connectivity index (χ4v) is 1.76. The van der Waals surface area contributed by atoms with Gasteiger partial charge >= 0.3 is 0 Å². The van der Waals surface area contributed by atoms with Crippen LogP contribution >= 0.6 is 15.9 Å². The molecule has 1 nitrogen and oxygen atoms in total. The third-order valence-corrected chi connectivity index (χ3v) is 2.45. The summed E-state index contributed by atoms with van der Waals surface area (Å²) >= 11 is 3.48. The van der Waals surface area contributed by atoms with E-state index in [0.717, 1.165) is 6.42 Å². The van der Waals surface area contributed by atoms with Gasteiger partial charge in [0, 0.05) is 0 Å². The van der Waals surface area contributed by atoms with Gasteiger partial charge in [-0.15, -0.1) is 0 Å². The summed E-state index contributed by atoms with van der Waals surface area (Å²) in [5.41, 5.74) is 0. The van der Waals surface area contributed by atoms with Crippen molar-refractivity contribution in [1.29, 1.82) is 0 Å². The van der Waals surface area contributed by atoms with Gasteiger partial charge < -0.3 is 4.74 Å². The maximum Gasteiger partial charge on any atom is 0.100 e. The van der Waals surface area contributed by atoms with E-state index in [-0.39, 0.29) is 0 Å². The number of hydrogen-bond acceptors (Lipinski definition) is 1. The van der Waals surface area contributed by atoms with E-state index in [0.29, 0.717) is 17.0 Å². The van der Waals surface area contributed by atoms with Crippen molar-refractivity contribution in [3.8, 4) is 0 Å². The van der Waals surface area contributed by atoms with E-state index in [1.54, 1.807) is 0 Å². The lowest BCUT2D eigenvalue weighted by atomic mass is 10.1. The van der Waals surface area contributed by atoms with Gasteiger partial charge in [0.15, 0.2) is 0 Å². The summed E-state index contributed by atoms with van der Waals surface area (Å²) in [6, 6.07) is 0. The second-order valence-corrected chi connectivity index (χ2v) is 3.30. The minimum atomic E-state index is 0.487. The Morgan fingerprint density at radius 2 is 2.50 bits per heavy atom. The first kappa shape index (κ1) is 5.00. The highest BCUT2D eigenvalue weighted by molar-refractivity contribution is 9.09. The molecule has 0 radical (unpaired) electrons. The summed E-state index contributed by atoms with van der Waals surface area (Å²) in [7, 11) is 0. The number of hydrogen-bond donors (Lipinski definition) is 0. The van der Waals surface area contributed by atoms with E-state index in [2.05, 4.69) is 28.1 Å². The van der Waals surface area contributed by atoms with Crippen LogP contribution in [0.2, 0.25) is 0 Å². The Morgan fingerprint density at radius 3 is 3.12 bits per heavy atom. The molecule has 1 aliphatic heterocycles. The summed E-state index contributed by atoms with van der Waals surface area (Å²) in [4.78, 5) is 0.487. The van der Waals surface area contributed by atoms with E-state index >= 15 is 0 Å². The Kier molecular flexibility index (Phi) is 0.987. The van der Waals surface area contributed by atoms with Crippen LogP contribution in [-0.2, 0) is 4.74 Å². The second-order valence-electron chi connectivity index (χ2n) is 2.25. The SMILES string of the molecule is BrC1C=CC[C@H]2O[C@@H]12. The monoisotopic (exact) mass is 174 g/mol. The standard InChI is InChI=1S/C6H7BrO/c7-4-2-1-3-5-6(4)8-5/h1-2,4-6H,3H2/t4?,5-,6+/m1/s1. The molecule has 0 aromatic carbocycles. The van der Waals surface area contributed by atoms with Crippen LogP contribution in [0, 0.1) is 0 Å². The summed E-state index contributed by atoms with van der Waals surface area (Å²) in [6.45, 7) is 0. The van der Waals surface area contributed by atoms with Crippen molar-refractivity contribution >= 4 is 15.9 Å². The molecule has 0 aromatic rings. The maximum atomic E-state index is 5.28. The molecule has 0 bridgehead atoms. The topological polar surface area (TPSA) is 12.5 Å². The van der Waals surface area contributed by atoms with Crippen LogP contribution in [-0.4, -0.2) is 17.0 Å². The van der Waals surface area contributed by atoms with E-state index in [4.69, 9.17) is 4.74 Å². The molecule has 2 rings (SSSR count). The zero-order valence-corrected chi connectivity index (χ0v) is 5.97. The van der Waals surface area contributed by atoms with Crippen molar-refractivity contribution < 1.29 is 4.74 Å². The molecule has 0 saturated carbocycles. The molecule has 1 fully saturated rings. The number of alkyl halides is 1. The molecule has 2 aliphatic rings. The number of ether oxygens (including phenoxy) is 1. The average molecular weight is 175 g/mol. The van der Waals surface area contributed by atoms with Crippen molar-refractivity contribution in [2.75, 3.05) is 0 Å². The Bertz CT molecular complexity index is 132. The first-order chi connectivity index (χ1) is 3.88. The molecule has 3 atom stereocenters. The molecule has 0 amide bonds. The first-order valence-corrected chi connectivity index (χ1v) is 3.76. The normalized spacial score (nSPS) is 50.9. The largest absolute Gasteiger partial charge is 0.368 e. The van der Waals surface area contributed by atoms with E-state index < -0.39 is 0 Å². The van der Waals surface area contributed by atoms with E-state index in [1.807, 2.05) is 0 Å². The number of rotatable bonds is 0. The Balaban J connectivity index is 2.13. The third kappa shape index (κ3) is 0.633. The van der Waals surface area contributed by atoms with Crippen LogP contribution in [0.15, 0.2) is 12.2 Å². The van der Waals surface area contributed by atoms with Crippen molar-refractivity contribution in [1.82, 2.24) is 0 Å². The molecule has 1 unspecified atom stereocenters. The van der Waals surface area contributed by atoms with Gasteiger partial charge in [-0.05, 0) is 6.42 Å². The van der Waals surface area contributed by atoms with Crippen LogP contribution in [0.25, 0.3) is 0 Å². The molecule has 2 heteroatoms. The number of halogens is 1. The lowest BCUT2D eigenvalue weighted by Crippen LogP contribution is -2.09. The summed E-state index contributed by atoms with van der Waals surface area (Å²) in [6.07, 6.45) is 6.50. The quantitative estimate of drug-likeness (QED) is 0.308. The predicted octanol–water partition coefficient (Wildman–Crippen LogP) is 1.48. The van der Waals surface area contributed by atoms with Gasteiger partial charge in [-0.3, -0.25) is 0 Å². The van der Waals surface area contributed by atoms with Gasteiger partial charge in [0.25, 0.3) is 0 Å². The molecule has 1 aliphatic carbocycles. The molecule has 8 heavy (non-hydrogen) atoms. The zero-order valence-electron chi connectivity index (χ0n) is 4.38. The van der Waals surface area contributed by atoms with Crippen molar-refractivity contribution in [3.63, 3.8) is 0 Å². The summed E-state index contributed by atoms with van der Waals surface area (Å²) < 4.78 is 5.28.